The van der Waals surface area contributed by atoms with E-state index in [1.807, 2.05) is 53.4 Å². The van der Waals surface area contributed by atoms with Crippen LogP contribution < -0.4 is 5.32 Å². The van der Waals surface area contributed by atoms with Crippen molar-refractivity contribution in [3.63, 3.8) is 0 Å². The first-order valence-corrected chi connectivity index (χ1v) is 10.6. The van der Waals surface area contributed by atoms with Crippen LogP contribution in [0.5, 0.6) is 0 Å². The van der Waals surface area contributed by atoms with Crippen molar-refractivity contribution in [1.82, 2.24) is 9.88 Å². The summed E-state index contributed by atoms with van der Waals surface area (Å²) >= 11 is 0. The minimum Gasteiger partial charge on any atom is -0.475 e. The molecule has 8 nitrogen and oxygen atoms in total. The standard InChI is InChI=1S/C21H21N3O3.C2HF3O2/c25-21(18-9-14-5-1-2-6-17(14)27-18)24-11-16-15(13-26-19(16)12-24)10-23-20-7-3-4-8-22-20;3-2(4,5)1(6)7/h1-9,15-16,19H,10-13H2,(H,22,23);(H,6,7)/t15-,16+,19+;/m0./s1. The number of furan rings is 1. The molecule has 5 rings (SSSR count). The molecule has 4 heterocycles. The average molecular weight is 477 g/mol. The van der Waals surface area contributed by atoms with E-state index in [0.717, 1.165) is 29.9 Å². The van der Waals surface area contributed by atoms with Crippen LogP contribution in [0.1, 0.15) is 10.6 Å². The highest BCUT2D eigenvalue weighted by Crippen LogP contribution is 2.35. The van der Waals surface area contributed by atoms with Crippen LogP contribution in [0.3, 0.4) is 0 Å². The number of nitrogens with one attached hydrogen (secondary N) is 1. The Balaban J connectivity index is 0.000000344. The zero-order chi connectivity index (χ0) is 24.3. The van der Waals surface area contributed by atoms with Gasteiger partial charge in [-0.25, -0.2) is 9.78 Å². The number of pyridine rings is 1. The molecule has 34 heavy (non-hydrogen) atoms. The van der Waals surface area contributed by atoms with E-state index < -0.39 is 12.1 Å². The van der Waals surface area contributed by atoms with Gasteiger partial charge in [0.1, 0.15) is 11.4 Å². The lowest BCUT2D eigenvalue weighted by molar-refractivity contribution is -0.192. The molecule has 11 heteroatoms. The van der Waals surface area contributed by atoms with Crippen molar-refractivity contribution in [2.75, 3.05) is 31.6 Å². The van der Waals surface area contributed by atoms with Crippen LogP contribution in [0.4, 0.5) is 19.0 Å². The number of amides is 1. The number of halogens is 3. The van der Waals surface area contributed by atoms with Crippen molar-refractivity contribution >= 4 is 28.7 Å². The Hall–Kier alpha value is -3.60. The number of likely N-dealkylation sites (tertiary alicyclic amines) is 1. The number of rotatable bonds is 4. The number of carbonyl (C=O) groups is 2. The second-order valence-corrected chi connectivity index (χ2v) is 8.05. The van der Waals surface area contributed by atoms with Crippen molar-refractivity contribution in [1.29, 1.82) is 0 Å². The minimum atomic E-state index is -5.08. The zero-order valence-electron chi connectivity index (χ0n) is 17.9. The monoisotopic (exact) mass is 477 g/mol. The van der Waals surface area contributed by atoms with Gasteiger partial charge in [-0.15, -0.1) is 0 Å². The van der Waals surface area contributed by atoms with E-state index in [0.29, 0.717) is 30.7 Å². The van der Waals surface area contributed by atoms with Gasteiger partial charge in [-0.05, 0) is 24.3 Å². The minimum absolute atomic E-state index is 0.0550. The van der Waals surface area contributed by atoms with E-state index in [1.54, 1.807) is 6.20 Å². The van der Waals surface area contributed by atoms with Gasteiger partial charge < -0.3 is 24.5 Å². The van der Waals surface area contributed by atoms with Crippen LogP contribution in [0, 0.1) is 11.8 Å². The number of ether oxygens (including phenoxy) is 1. The van der Waals surface area contributed by atoms with Gasteiger partial charge in [0, 0.05) is 43.1 Å². The molecule has 0 saturated carbocycles. The number of para-hydroxylation sites is 1. The molecule has 2 aliphatic heterocycles. The Morgan fingerprint density at radius 1 is 1.15 bits per heavy atom. The number of benzene rings is 1. The maximum absolute atomic E-state index is 12.9. The summed E-state index contributed by atoms with van der Waals surface area (Å²) in [5.74, 6) is -0.832. The number of alkyl halides is 3. The number of aliphatic carboxylic acids is 1. The number of aromatic nitrogens is 1. The van der Waals surface area contributed by atoms with E-state index >= 15 is 0 Å². The Morgan fingerprint density at radius 2 is 1.88 bits per heavy atom. The molecule has 1 aromatic carbocycles. The van der Waals surface area contributed by atoms with E-state index in [-0.39, 0.29) is 12.0 Å². The first-order valence-electron chi connectivity index (χ1n) is 10.6. The highest BCUT2D eigenvalue weighted by molar-refractivity contribution is 5.96. The van der Waals surface area contributed by atoms with E-state index in [2.05, 4.69) is 10.3 Å². The average Bonchev–Trinajstić information content (AvgIpc) is 3.52. The van der Waals surface area contributed by atoms with Crippen LogP contribution in [0.25, 0.3) is 11.0 Å². The molecule has 3 aromatic rings. The number of hydrogen-bond donors (Lipinski definition) is 2. The van der Waals surface area contributed by atoms with Crippen molar-refractivity contribution in [2.45, 2.75) is 12.3 Å². The van der Waals surface area contributed by atoms with Crippen LogP contribution >= 0.6 is 0 Å². The maximum Gasteiger partial charge on any atom is 0.490 e. The van der Waals surface area contributed by atoms with Gasteiger partial charge in [0.15, 0.2) is 5.76 Å². The third-order valence-corrected chi connectivity index (χ3v) is 5.82. The summed E-state index contributed by atoms with van der Waals surface area (Å²) in [6.07, 6.45) is -3.20. The van der Waals surface area contributed by atoms with Gasteiger partial charge in [0.25, 0.3) is 5.91 Å². The van der Waals surface area contributed by atoms with Crippen molar-refractivity contribution in [2.24, 2.45) is 11.8 Å². The lowest BCUT2D eigenvalue weighted by atomic mass is 9.93. The number of carboxylic acid groups (broad SMARTS) is 1. The quantitative estimate of drug-likeness (QED) is 0.591. The molecule has 0 radical (unpaired) electrons. The Morgan fingerprint density at radius 3 is 2.56 bits per heavy atom. The van der Waals surface area contributed by atoms with E-state index in [9.17, 15) is 18.0 Å². The SMILES string of the molecule is O=C(O)C(F)(F)F.O=C(c1cc2ccccc2o1)N1C[C@@H]2[C@@H](CNc3ccccn3)CO[C@@H]2C1. The molecule has 2 N–H and O–H groups in total. The normalized spacial score (nSPS) is 21.6. The largest absolute Gasteiger partial charge is 0.490 e. The smallest absolute Gasteiger partial charge is 0.475 e. The molecule has 0 unspecified atom stereocenters. The first-order chi connectivity index (χ1) is 16.2. The molecule has 1 amide bonds. The van der Waals surface area contributed by atoms with Gasteiger partial charge in [0.2, 0.25) is 0 Å². The summed E-state index contributed by atoms with van der Waals surface area (Å²) in [6.45, 7) is 2.85. The fourth-order valence-electron chi connectivity index (χ4n) is 4.12. The van der Waals surface area contributed by atoms with Crippen LogP contribution in [0.2, 0.25) is 0 Å². The summed E-state index contributed by atoms with van der Waals surface area (Å²) in [4.78, 5) is 27.9. The summed E-state index contributed by atoms with van der Waals surface area (Å²) < 4.78 is 43.4. The molecule has 0 aliphatic carbocycles. The summed E-state index contributed by atoms with van der Waals surface area (Å²) in [7, 11) is 0. The van der Waals surface area contributed by atoms with E-state index in [4.69, 9.17) is 19.1 Å². The van der Waals surface area contributed by atoms with Gasteiger partial charge in [-0.1, -0.05) is 24.3 Å². The van der Waals surface area contributed by atoms with Crippen LogP contribution in [-0.2, 0) is 9.53 Å². The molecule has 180 valence electrons. The number of hydrogen-bond acceptors (Lipinski definition) is 6. The number of carbonyl (C=O) groups excluding carboxylic acids is 1. The Bertz CT molecular complexity index is 1120. The molecule has 2 saturated heterocycles. The molecule has 2 aliphatic rings. The fourth-order valence-corrected chi connectivity index (χ4v) is 4.12. The highest BCUT2D eigenvalue weighted by Gasteiger charge is 2.45. The predicted molar refractivity (Wildman–Crippen MR) is 115 cm³/mol. The second kappa shape index (κ2) is 9.72. The van der Waals surface area contributed by atoms with Gasteiger partial charge in [-0.2, -0.15) is 13.2 Å². The van der Waals surface area contributed by atoms with Crippen molar-refractivity contribution < 1.29 is 37.0 Å². The maximum atomic E-state index is 12.9. The predicted octanol–water partition coefficient (Wildman–Crippen LogP) is 3.66. The number of nitrogens with zero attached hydrogens (tertiary/aromatic N) is 2. The van der Waals surface area contributed by atoms with Gasteiger partial charge in [0.05, 0.1) is 12.7 Å². The van der Waals surface area contributed by atoms with Crippen molar-refractivity contribution in [3.8, 4) is 0 Å². The molecule has 2 aromatic heterocycles. The van der Waals surface area contributed by atoms with Gasteiger partial charge >= 0.3 is 12.1 Å². The Labute approximate surface area is 192 Å². The molecule has 0 bridgehead atoms. The number of anilines is 1. The third-order valence-electron chi connectivity index (χ3n) is 5.82. The van der Waals surface area contributed by atoms with Crippen molar-refractivity contribution in [3.05, 3.63) is 60.5 Å². The highest BCUT2D eigenvalue weighted by atomic mass is 19.4. The molecular formula is C23H22F3N3O5. The summed E-state index contributed by atoms with van der Waals surface area (Å²) in [5, 5.41) is 11.5. The number of carboxylic acids is 1. The number of fused-ring (bicyclic) bond motifs is 2. The molecular weight excluding hydrogens is 455 g/mol. The molecule has 2 fully saturated rings. The summed E-state index contributed by atoms with van der Waals surface area (Å²) in [6, 6.07) is 15.3. The molecule has 0 spiro atoms. The molecule has 3 atom stereocenters. The lowest BCUT2D eigenvalue weighted by Crippen LogP contribution is -2.32. The topological polar surface area (TPSA) is 105 Å². The van der Waals surface area contributed by atoms with Crippen LogP contribution in [0.15, 0.2) is 59.1 Å². The summed E-state index contributed by atoms with van der Waals surface area (Å²) in [5.41, 5.74) is 0.744. The Kier molecular flexibility index (Phi) is 6.73. The zero-order valence-corrected chi connectivity index (χ0v) is 17.9. The fraction of sp³-hybridized carbons (Fsp3) is 0.348. The van der Waals surface area contributed by atoms with Gasteiger partial charge in [-0.3, -0.25) is 4.79 Å². The second-order valence-electron chi connectivity index (χ2n) is 8.05. The van der Waals surface area contributed by atoms with Crippen LogP contribution in [-0.4, -0.2) is 65.4 Å². The van der Waals surface area contributed by atoms with E-state index in [1.165, 1.54) is 0 Å². The first kappa shape index (κ1) is 23.6. The third kappa shape index (κ3) is 5.30. The lowest BCUT2D eigenvalue weighted by Gasteiger charge is -2.19.